The van der Waals surface area contributed by atoms with Gasteiger partial charge in [-0.25, -0.2) is 4.98 Å². The molecule has 0 saturated heterocycles. The van der Waals surface area contributed by atoms with E-state index in [2.05, 4.69) is 10.3 Å². The van der Waals surface area contributed by atoms with Gasteiger partial charge in [0.25, 0.3) is 0 Å². The number of hydrogen-bond acceptors (Lipinski definition) is 4. The van der Waals surface area contributed by atoms with Crippen LogP contribution in [-0.4, -0.2) is 23.4 Å². The monoisotopic (exact) mass is 218 g/mol. The van der Waals surface area contributed by atoms with Gasteiger partial charge >= 0.3 is 0 Å². The van der Waals surface area contributed by atoms with Gasteiger partial charge in [-0.2, -0.15) is 0 Å². The number of nitrogens with one attached hydrogen (secondary N) is 1. The summed E-state index contributed by atoms with van der Waals surface area (Å²) in [6.07, 6.45) is 1.38. The van der Waals surface area contributed by atoms with Crippen LogP contribution in [0, 0.1) is 0 Å². The number of ketones is 1. The molecule has 0 aliphatic rings. The molecule has 1 N–H and O–H groups in total. The Morgan fingerprint density at radius 3 is 2.88 bits per heavy atom. The molecule has 84 valence electrons. The van der Waals surface area contributed by atoms with E-state index in [-0.39, 0.29) is 5.78 Å². The molecule has 0 radical (unpaired) electrons. The van der Waals surface area contributed by atoms with E-state index in [1.807, 2.05) is 13.8 Å². The van der Waals surface area contributed by atoms with Crippen LogP contribution >= 0.6 is 0 Å². The predicted molar refractivity (Wildman–Crippen MR) is 61.5 cm³/mol. The Morgan fingerprint density at radius 2 is 2.19 bits per heavy atom. The quantitative estimate of drug-likeness (QED) is 0.801. The molecule has 4 heteroatoms. The van der Waals surface area contributed by atoms with E-state index < -0.39 is 5.54 Å². The Hall–Kier alpha value is -1.68. The fraction of sp³-hybridized carbons (Fsp3) is 0.333. The van der Waals surface area contributed by atoms with Crippen molar-refractivity contribution in [3.05, 3.63) is 30.2 Å². The van der Waals surface area contributed by atoms with Gasteiger partial charge in [-0.1, -0.05) is 0 Å². The summed E-state index contributed by atoms with van der Waals surface area (Å²) in [5.74, 6) is 0.0355. The smallest absolute Gasteiger partial charge is 0.182 e. The Kier molecular flexibility index (Phi) is 2.52. The minimum absolute atomic E-state index is 0.0355. The second-order valence-electron chi connectivity index (χ2n) is 4.24. The third kappa shape index (κ3) is 1.72. The highest BCUT2D eigenvalue weighted by atomic mass is 16.3. The van der Waals surface area contributed by atoms with Crippen molar-refractivity contribution in [1.82, 2.24) is 10.3 Å². The average molecular weight is 218 g/mol. The van der Waals surface area contributed by atoms with Crippen molar-refractivity contribution in [1.29, 1.82) is 0 Å². The number of benzene rings is 1. The SMILES string of the molecule is CNC(C)(C)C(=O)c1ccc2ncoc2c1. The second-order valence-corrected chi connectivity index (χ2v) is 4.24. The fourth-order valence-corrected chi connectivity index (χ4v) is 1.47. The molecule has 0 amide bonds. The fourth-order valence-electron chi connectivity index (χ4n) is 1.47. The number of hydrogen-bond donors (Lipinski definition) is 1. The number of carbonyl (C=O) groups is 1. The van der Waals surface area contributed by atoms with Crippen LogP contribution in [-0.2, 0) is 0 Å². The molecule has 0 aliphatic heterocycles. The van der Waals surface area contributed by atoms with E-state index >= 15 is 0 Å². The number of Topliss-reactive ketones (excluding diaryl/α,β-unsaturated/α-hetero) is 1. The second kappa shape index (κ2) is 3.72. The van der Waals surface area contributed by atoms with Crippen molar-refractivity contribution in [3.8, 4) is 0 Å². The van der Waals surface area contributed by atoms with Crippen LogP contribution < -0.4 is 5.32 Å². The van der Waals surface area contributed by atoms with E-state index in [4.69, 9.17) is 4.42 Å². The molecular formula is C12H14N2O2. The predicted octanol–water partition coefficient (Wildman–Crippen LogP) is 2.01. The standard InChI is InChI=1S/C12H14N2O2/c1-12(2,13-3)11(15)8-4-5-9-10(6-8)16-7-14-9/h4-7,13H,1-3H3. The first-order chi connectivity index (χ1) is 7.54. The first kappa shape index (κ1) is 10.8. The van der Waals surface area contributed by atoms with Crippen molar-refractivity contribution in [2.45, 2.75) is 19.4 Å². The highest BCUT2D eigenvalue weighted by Gasteiger charge is 2.26. The molecule has 0 fully saturated rings. The Balaban J connectivity index is 2.43. The van der Waals surface area contributed by atoms with Gasteiger partial charge < -0.3 is 9.73 Å². The highest BCUT2D eigenvalue weighted by molar-refractivity contribution is 6.04. The molecule has 0 bridgehead atoms. The molecule has 0 saturated carbocycles. The molecule has 0 unspecified atom stereocenters. The molecule has 4 nitrogen and oxygen atoms in total. The van der Waals surface area contributed by atoms with Gasteiger partial charge in [0.15, 0.2) is 17.8 Å². The Labute approximate surface area is 93.7 Å². The molecule has 2 rings (SSSR count). The molecule has 2 aromatic rings. The van der Waals surface area contributed by atoms with Crippen LogP contribution in [0.25, 0.3) is 11.1 Å². The summed E-state index contributed by atoms with van der Waals surface area (Å²) < 4.78 is 5.17. The molecule has 1 aromatic heterocycles. The first-order valence-corrected chi connectivity index (χ1v) is 5.11. The molecule has 0 atom stereocenters. The van der Waals surface area contributed by atoms with Gasteiger partial charge in [0.05, 0.1) is 5.54 Å². The molecule has 16 heavy (non-hydrogen) atoms. The summed E-state index contributed by atoms with van der Waals surface area (Å²) in [6, 6.07) is 5.29. The van der Waals surface area contributed by atoms with Crippen LogP contribution in [0.15, 0.2) is 29.0 Å². The molecule has 1 heterocycles. The summed E-state index contributed by atoms with van der Waals surface area (Å²) in [6.45, 7) is 3.69. The lowest BCUT2D eigenvalue weighted by Crippen LogP contribution is -2.44. The Morgan fingerprint density at radius 1 is 1.44 bits per heavy atom. The molecular weight excluding hydrogens is 204 g/mol. The molecule has 1 aromatic carbocycles. The van der Waals surface area contributed by atoms with Crippen molar-refractivity contribution in [3.63, 3.8) is 0 Å². The lowest BCUT2D eigenvalue weighted by Gasteiger charge is -2.22. The van der Waals surface area contributed by atoms with Gasteiger partial charge in [-0.3, -0.25) is 4.79 Å². The topological polar surface area (TPSA) is 55.1 Å². The summed E-state index contributed by atoms with van der Waals surface area (Å²) >= 11 is 0. The number of fused-ring (bicyclic) bond motifs is 1. The maximum Gasteiger partial charge on any atom is 0.182 e. The van der Waals surface area contributed by atoms with Crippen LogP contribution in [0.2, 0.25) is 0 Å². The zero-order valence-corrected chi connectivity index (χ0v) is 9.57. The molecule has 0 spiro atoms. The van der Waals surface area contributed by atoms with E-state index in [1.165, 1.54) is 6.39 Å². The van der Waals surface area contributed by atoms with E-state index in [1.54, 1.807) is 25.2 Å². The minimum atomic E-state index is -0.576. The maximum atomic E-state index is 12.1. The number of oxazole rings is 1. The lowest BCUT2D eigenvalue weighted by molar-refractivity contribution is 0.0889. The number of carbonyl (C=O) groups excluding carboxylic acids is 1. The van der Waals surface area contributed by atoms with E-state index in [0.29, 0.717) is 11.1 Å². The number of aromatic nitrogens is 1. The molecule has 0 aliphatic carbocycles. The van der Waals surface area contributed by atoms with Gasteiger partial charge in [-0.15, -0.1) is 0 Å². The van der Waals surface area contributed by atoms with Crippen LogP contribution in [0.4, 0.5) is 0 Å². The third-order valence-corrected chi connectivity index (χ3v) is 2.79. The summed E-state index contributed by atoms with van der Waals surface area (Å²) in [5, 5.41) is 2.99. The summed E-state index contributed by atoms with van der Waals surface area (Å²) in [7, 11) is 1.77. The van der Waals surface area contributed by atoms with Crippen LogP contribution in [0.1, 0.15) is 24.2 Å². The van der Waals surface area contributed by atoms with Gasteiger partial charge in [0.1, 0.15) is 5.52 Å². The zero-order chi connectivity index (χ0) is 11.8. The number of likely N-dealkylation sites (N-methyl/N-ethyl adjacent to an activating group) is 1. The highest BCUT2D eigenvalue weighted by Crippen LogP contribution is 2.18. The van der Waals surface area contributed by atoms with Crippen LogP contribution in [0.5, 0.6) is 0 Å². The third-order valence-electron chi connectivity index (χ3n) is 2.79. The van der Waals surface area contributed by atoms with E-state index in [9.17, 15) is 4.79 Å². The average Bonchev–Trinajstić information content (AvgIpc) is 2.74. The normalized spacial score (nSPS) is 11.9. The van der Waals surface area contributed by atoms with Gasteiger partial charge in [0, 0.05) is 5.56 Å². The summed E-state index contributed by atoms with van der Waals surface area (Å²) in [4.78, 5) is 16.1. The summed E-state index contributed by atoms with van der Waals surface area (Å²) in [5.41, 5.74) is 1.45. The van der Waals surface area contributed by atoms with Gasteiger partial charge in [-0.05, 0) is 39.1 Å². The van der Waals surface area contributed by atoms with Crippen molar-refractivity contribution < 1.29 is 9.21 Å². The van der Waals surface area contributed by atoms with Crippen LogP contribution in [0.3, 0.4) is 0 Å². The van der Waals surface area contributed by atoms with E-state index in [0.717, 1.165) is 5.52 Å². The first-order valence-electron chi connectivity index (χ1n) is 5.11. The van der Waals surface area contributed by atoms with Crippen molar-refractivity contribution >= 4 is 16.9 Å². The lowest BCUT2D eigenvalue weighted by atomic mass is 9.93. The zero-order valence-electron chi connectivity index (χ0n) is 9.57. The number of nitrogens with zero attached hydrogens (tertiary/aromatic N) is 1. The Bertz CT molecular complexity index is 529. The minimum Gasteiger partial charge on any atom is -0.443 e. The van der Waals surface area contributed by atoms with Crippen molar-refractivity contribution in [2.24, 2.45) is 0 Å². The largest absolute Gasteiger partial charge is 0.443 e. The van der Waals surface area contributed by atoms with Crippen molar-refractivity contribution in [2.75, 3.05) is 7.05 Å². The van der Waals surface area contributed by atoms with Gasteiger partial charge in [0.2, 0.25) is 0 Å². The maximum absolute atomic E-state index is 12.1. The number of rotatable bonds is 3.